The molecule has 0 fully saturated rings. The van der Waals surface area contributed by atoms with E-state index < -0.39 is 0 Å². The molecule has 0 unspecified atom stereocenters. The largest absolute Gasteiger partial charge is 0.275 e. The fourth-order valence-corrected chi connectivity index (χ4v) is 2.18. The molecule has 0 saturated carbocycles. The Morgan fingerprint density at radius 1 is 1.20 bits per heavy atom. The van der Waals surface area contributed by atoms with Crippen molar-refractivity contribution in [3.8, 4) is 0 Å². The Kier molecular flexibility index (Phi) is 3.32. The maximum absolute atomic E-state index is 11.4. The minimum absolute atomic E-state index is 0.00843. The first-order valence-electron chi connectivity index (χ1n) is 5.35. The van der Waals surface area contributed by atoms with Crippen molar-refractivity contribution in [1.82, 2.24) is 4.90 Å². The van der Waals surface area contributed by atoms with Crippen LogP contribution in [0.25, 0.3) is 0 Å². The van der Waals surface area contributed by atoms with Gasteiger partial charge in [-0.05, 0) is 17.8 Å². The van der Waals surface area contributed by atoms with Gasteiger partial charge in [-0.2, -0.15) is 0 Å². The third kappa shape index (κ3) is 3.18. The first-order chi connectivity index (χ1) is 6.82. The van der Waals surface area contributed by atoms with E-state index in [1.807, 2.05) is 0 Å². The van der Waals surface area contributed by atoms with Gasteiger partial charge in [-0.25, -0.2) is 0 Å². The lowest BCUT2D eigenvalue weighted by molar-refractivity contribution is -0.138. The number of carbonyl (C=O) groups excluding carboxylic acids is 2. The van der Waals surface area contributed by atoms with Gasteiger partial charge in [-0.1, -0.05) is 27.7 Å². The van der Waals surface area contributed by atoms with Gasteiger partial charge in [0, 0.05) is 18.7 Å². The summed E-state index contributed by atoms with van der Waals surface area (Å²) < 4.78 is 0. The number of hydrogen-bond donors (Lipinski definition) is 0. The Balaban J connectivity index is 2.61. The molecule has 3 heteroatoms. The number of rotatable bonds is 4. The highest BCUT2D eigenvalue weighted by Crippen LogP contribution is 2.27. The fourth-order valence-electron chi connectivity index (χ4n) is 2.18. The average molecular weight is 209 g/mol. The first-order valence-corrected chi connectivity index (χ1v) is 5.35. The van der Waals surface area contributed by atoms with Crippen LogP contribution in [0.2, 0.25) is 0 Å². The van der Waals surface area contributed by atoms with E-state index in [9.17, 15) is 9.59 Å². The summed E-state index contributed by atoms with van der Waals surface area (Å²) in [6.07, 6.45) is 3.69. The Morgan fingerprint density at radius 2 is 1.67 bits per heavy atom. The van der Waals surface area contributed by atoms with E-state index in [1.54, 1.807) is 0 Å². The number of imide groups is 1. The van der Waals surface area contributed by atoms with Crippen LogP contribution in [-0.2, 0) is 9.59 Å². The topological polar surface area (TPSA) is 37.4 Å². The van der Waals surface area contributed by atoms with Crippen molar-refractivity contribution in [2.45, 2.75) is 34.1 Å². The van der Waals surface area contributed by atoms with Crippen LogP contribution in [-0.4, -0.2) is 23.3 Å². The molecule has 1 aliphatic heterocycles. The van der Waals surface area contributed by atoms with Crippen LogP contribution in [0, 0.1) is 11.3 Å². The average Bonchev–Trinajstić information content (AvgIpc) is 2.33. The fraction of sp³-hybridized carbons (Fsp3) is 0.667. The lowest BCUT2D eigenvalue weighted by atomic mass is 9.83. The molecule has 0 aromatic heterocycles. The maximum atomic E-state index is 11.4. The smallest absolute Gasteiger partial charge is 0.253 e. The van der Waals surface area contributed by atoms with Crippen LogP contribution in [0.15, 0.2) is 12.2 Å². The van der Waals surface area contributed by atoms with E-state index in [-0.39, 0.29) is 17.2 Å². The zero-order chi connectivity index (χ0) is 11.6. The summed E-state index contributed by atoms with van der Waals surface area (Å²) in [7, 11) is 0. The van der Waals surface area contributed by atoms with E-state index in [0.29, 0.717) is 12.5 Å². The predicted molar refractivity (Wildman–Crippen MR) is 59.1 cm³/mol. The molecule has 0 bridgehead atoms. The second-order valence-corrected chi connectivity index (χ2v) is 5.36. The van der Waals surface area contributed by atoms with Crippen molar-refractivity contribution in [1.29, 1.82) is 0 Å². The van der Waals surface area contributed by atoms with Crippen LogP contribution in [0.5, 0.6) is 0 Å². The summed E-state index contributed by atoms with van der Waals surface area (Å²) in [5, 5.41) is 0. The SMILES string of the molecule is CC(C)CC(C)(C)CN1C(=O)C=CC1=O. The molecule has 0 aliphatic carbocycles. The molecule has 0 aromatic rings. The zero-order valence-electron chi connectivity index (χ0n) is 9.91. The van der Waals surface area contributed by atoms with Gasteiger partial charge in [-0.3, -0.25) is 14.5 Å². The molecule has 1 aliphatic rings. The summed E-state index contributed by atoms with van der Waals surface area (Å²) in [5.74, 6) is 0.203. The number of amides is 2. The molecule has 15 heavy (non-hydrogen) atoms. The summed E-state index contributed by atoms with van der Waals surface area (Å²) in [5.41, 5.74) is -0.00843. The van der Waals surface area contributed by atoms with Gasteiger partial charge >= 0.3 is 0 Å². The highest BCUT2D eigenvalue weighted by Gasteiger charge is 2.30. The van der Waals surface area contributed by atoms with Crippen molar-refractivity contribution < 1.29 is 9.59 Å². The summed E-state index contributed by atoms with van der Waals surface area (Å²) in [6.45, 7) is 8.98. The van der Waals surface area contributed by atoms with Crippen LogP contribution < -0.4 is 0 Å². The Labute approximate surface area is 91.1 Å². The second-order valence-electron chi connectivity index (χ2n) is 5.36. The minimum Gasteiger partial charge on any atom is -0.275 e. The molecule has 0 spiro atoms. The molecule has 1 heterocycles. The standard InChI is InChI=1S/C12H19NO2/c1-9(2)7-12(3,4)8-13-10(14)5-6-11(13)15/h5-6,9H,7-8H2,1-4H3. The van der Waals surface area contributed by atoms with Crippen molar-refractivity contribution in [2.24, 2.45) is 11.3 Å². The molecular formula is C12H19NO2. The molecule has 0 N–H and O–H groups in total. The highest BCUT2D eigenvalue weighted by atomic mass is 16.2. The van der Waals surface area contributed by atoms with Crippen molar-refractivity contribution in [2.75, 3.05) is 6.54 Å². The number of hydrogen-bond acceptors (Lipinski definition) is 2. The molecule has 2 amide bonds. The quantitative estimate of drug-likeness (QED) is 0.664. The van der Waals surface area contributed by atoms with Crippen LogP contribution in [0.3, 0.4) is 0 Å². The van der Waals surface area contributed by atoms with Gasteiger partial charge in [0.25, 0.3) is 11.8 Å². The highest BCUT2D eigenvalue weighted by molar-refractivity contribution is 6.12. The van der Waals surface area contributed by atoms with Crippen molar-refractivity contribution in [3.05, 3.63) is 12.2 Å². The number of nitrogens with zero attached hydrogens (tertiary/aromatic N) is 1. The van der Waals surface area contributed by atoms with Crippen LogP contribution in [0.4, 0.5) is 0 Å². The van der Waals surface area contributed by atoms with E-state index >= 15 is 0 Å². The van der Waals surface area contributed by atoms with Gasteiger partial charge in [0.2, 0.25) is 0 Å². The number of carbonyl (C=O) groups is 2. The lowest BCUT2D eigenvalue weighted by Crippen LogP contribution is -2.39. The van der Waals surface area contributed by atoms with E-state index in [0.717, 1.165) is 6.42 Å². The van der Waals surface area contributed by atoms with Gasteiger partial charge in [-0.15, -0.1) is 0 Å². The Morgan fingerprint density at radius 3 is 2.07 bits per heavy atom. The van der Waals surface area contributed by atoms with Gasteiger partial charge in [0.15, 0.2) is 0 Å². The van der Waals surface area contributed by atoms with Gasteiger partial charge in [0.1, 0.15) is 0 Å². The third-order valence-electron chi connectivity index (χ3n) is 2.45. The first kappa shape index (κ1) is 12.0. The lowest BCUT2D eigenvalue weighted by Gasteiger charge is -2.30. The normalized spacial score (nSPS) is 17.0. The third-order valence-corrected chi connectivity index (χ3v) is 2.45. The Hall–Kier alpha value is -1.12. The van der Waals surface area contributed by atoms with Crippen LogP contribution >= 0.6 is 0 Å². The molecule has 0 saturated heterocycles. The summed E-state index contributed by atoms with van der Waals surface area (Å²) >= 11 is 0. The molecule has 3 nitrogen and oxygen atoms in total. The monoisotopic (exact) mass is 209 g/mol. The summed E-state index contributed by atoms with van der Waals surface area (Å²) in [4.78, 5) is 24.1. The molecule has 0 aromatic carbocycles. The molecule has 0 radical (unpaired) electrons. The predicted octanol–water partition coefficient (Wildman–Crippen LogP) is 1.98. The molecular weight excluding hydrogens is 190 g/mol. The van der Waals surface area contributed by atoms with Crippen molar-refractivity contribution in [3.63, 3.8) is 0 Å². The second kappa shape index (κ2) is 4.17. The van der Waals surface area contributed by atoms with Crippen molar-refractivity contribution >= 4 is 11.8 Å². The minimum atomic E-state index is -0.183. The van der Waals surface area contributed by atoms with E-state index in [2.05, 4.69) is 27.7 Å². The van der Waals surface area contributed by atoms with E-state index in [1.165, 1.54) is 17.1 Å². The van der Waals surface area contributed by atoms with Gasteiger partial charge < -0.3 is 0 Å². The summed E-state index contributed by atoms with van der Waals surface area (Å²) in [6, 6.07) is 0. The molecule has 1 rings (SSSR count). The molecule has 0 atom stereocenters. The Bertz CT molecular complexity index is 285. The van der Waals surface area contributed by atoms with E-state index in [4.69, 9.17) is 0 Å². The van der Waals surface area contributed by atoms with Gasteiger partial charge in [0.05, 0.1) is 0 Å². The maximum Gasteiger partial charge on any atom is 0.253 e. The molecule has 84 valence electrons. The zero-order valence-corrected chi connectivity index (χ0v) is 9.91. The van der Waals surface area contributed by atoms with Crippen LogP contribution in [0.1, 0.15) is 34.1 Å².